The molecule has 2 aromatic carbocycles. The number of rotatable bonds is 7. The summed E-state index contributed by atoms with van der Waals surface area (Å²) in [6.07, 6.45) is 3.42. The minimum atomic E-state index is -0.531. The SMILES string of the molecule is COC(=O)c1c(/C=C/c2ccccc2OC=O)cc(OC)cc1OC. The van der Waals surface area contributed by atoms with E-state index in [1.54, 1.807) is 42.5 Å². The van der Waals surface area contributed by atoms with E-state index in [0.717, 1.165) is 0 Å². The molecule has 25 heavy (non-hydrogen) atoms. The van der Waals surface area contributed by atoms with Crippen LogP contribution in [0.3, 0.4) is 0 Å². The molecule has 0 saturated carbocycles. The number of methoxy groups -OCH3 is 3. The van der Waals surface area contributed by atoms with Crippen LogP contribution in [0.25, 0.3) is 12.2 Å². The van der Waals surface area contributed by atoms with E-state index in [1.807, 2.05) is 6.07 Å². The Morgan fingerprint density at radius 1 is 0.920 bits per heavy atom. The third-order valence-corrected chi connectivity index (χ3v) is 3.49. The Morgan fingerprint density at radius 3 is 2.28 bits per heavy atom. The summed E-state index contributed by atoms with van der Waals surface area (Å²) in [5, 5.41) is 0. The number of para-hydroxylation sites is 1. The largest absolute Gasteiger partial charge is 0.497 e. The van der Waals surface area contributed by atoms with Crippen LogP contribution in [0.2, 0.25) is 0 Å². The van der Waals surface area contributed by atoms with Gasteiger partial charge < -0.3 is 18.9 Å². The van der Waals surface area contributed by atoms with E-state index in [9.17, 15) is 9.59 Å². The Labute approximate surface area is 145 Å². The molecule has 0 aromatic heterocycles. The van der Waals surface area contributed by atoms with Crippen LogP contribution in [0.4, 0.5) is 0 Å². The fourth-order valence-corrected chi connectivity index (χ4v) is 2.30. The van der Waals surface area contributed by atoms with Crippen molar-refractivity contribution in [2.75, 3.05) is 21.3 Å². The van der Waals surface area contributed by atoms with Gasteiger partial charge in [0.15, 0.2) is 0 Å². The van der Waals surface area contributed by atoms with E-state index in [0.29, 0.717) is 34.8 Å². The molecule has 2 aromatic rings. The van der Waals surface area contributed by atoms with E-state index >= 15 is 0 Å². The van der Waals surface area contributed by atoms with Gasteiger partial charge in [-0.2, -0.15) is 0 Å². The first-order chi connectivity index (χ1) is 12.1. The van der Waals surface area contributed by atoms with Gasteiger partial charge in [-0.3, -0.25) is 4.79 Å². The van der Waals surface area contributed by atoms with Crippen LogP contribution in [0.15, 0.2) is 36.4 Å². The van der Waals surface area contributed by atoms with Crippen LogP contribution in [0, 0.1) is 0 Å². The van der Waals surface area contributed by atoms with Gasteiger partial charge in [-0.1, -0.05) is 30.4 Å². The van der Waals surface area contributed by atoms with E-state index in [4.69, 9.17) is 18.9 Å². The summed E-state index contributed by atoms with van der Waals surface area (Å²) in [6.45, 7) is 0.362. The molecule has 0 N–H and O–H groups in total. The van der Waals surface area contributed by atoms with Crippen LogP contribution in [-0.2, 0) is 9.53 Å². The van der Waals surface area contributed by atoms with Gasteiger partial charge in [0, 0.05) is 11.6 Å². The first-order valence-corrected chi connectivity index (χ1v) is 7.36. The molecule has 0 fully saturated rings. The predicted molar refractivity (Wildman–Crippen MR) is 92.9 cm³/mol. The Morgan fingerprint density at radius 2 is 1.64 bits per heavy atom. The summed E-state index contributed by atoms with van der Waals surface area (Å²) in [5.41, 5.74) is 1.49. The van der Waals surface area contributed by atoms with Crippen LogP contribution in [0.5, 0.6) is 17.2 Å². The summed E-state index contributed by atoms with van der Waals surface area (Å²) in [5.74, 6) is 0.740. The summed E-state index contributed by atoms with van der Waals surface area (Å²) in [7, 11) is 4.28. The van der Waals surface area contributed by atoms with Crippen LogP contribution < -0.4 is 14.2 Å². The highest BCUT2D eigenvalue weighted by atomic mass is 16.5. The van der Waals surface area contributed by atoms with Gasteiger partial charge in [0.05, 0.1) is 21.3 Å². The van der Waals surface area contributed by atoms with Crippen molar-refractivity contribution in [3.8, 4) is 17.2 Å². The zero-order chi connectivity index (χ0) is 18.2. The number of hydrogen-bond acceptors (Lipinski definition) is 6. The van der Waals surface area contributed by atoms with Gasteiger partial charge in [-0.25, -0.2) is 4.79 Å². The lowest BCUT2D eigenvalue weighted by Gasteiger charge is -2.12. The Bertz CT molecular complexity index is 794. The van der Waals surface area contributed by atoms with Crippen molar-refractivity contribution in [3.63, 3.8) is 0 Å². The molecule has 0 aliphatic heterocycles. The Kier molecular flexibility index (Phi) is 6.17. The molecule has 0 spiro atoms. The smallest absolute Gasteiger partial charge is 0.342 e. The van der Waals surface area contributed by atoms with Gasteiger partial charge in [-0.05, 0) is 17.7 Å². The fourth-order valence-electron chi connectivity index (χ4n) is 2.30. The maximum absolute atomic E-state index is 12.1. The lowest BCUT2D eigenvalue weighted by molar-refractivity contribution is -0.120. The van der Waals surface area contributed by atoms with Crippen molar-refractivity contribution < 1.29 is 28.5 Å². The molecule has 0 bridgehead atoms. The molecule has 2 rings (SSSR count). The lowest BCUT2D eigenvalue weighted by atomic mass is 10.0. The van der Waals surface area contributed by atoms with Gasteiger partial charge in [0.1, 0.15) is 22.8 Å². The zero-order valence-electron chi connectivity index (χ0n) is 14.1. The quantitative estimate of drug-likeness (QED) is 0.437. The molecule has 0 unspecified atom stereocenters. The number of carbonyl (C=O) groups excluding carboxylic acids is 2. The molecular weight excluding hydrogens is 324 g/mol. The molecule has 0 atom stereocenters. The van der Waals surface area contributed by atoms with Crippen molar-refractivity contribution in [2.24, 2.45) is 0 Å². The Hall–Kier alpha value is -3.28. The number of carbonyl (C=O) groups is 2. The van der Waals surface area contributed by atoms with Gasteiger partial charge in [-0.15, -0.1) is 0 Å². The predicted octanol–water partition coefficient (Wildman–Crippen LogP) is 3.20. The summed E-state index contributed by atoms with van der Waals surface area (Å²) in [4.78, 5) is 22.8. The van der Waals surface area contributed by atoms with E-state index in [1.165, 1.54) is 21.3 Å². The van der Waals surface area contributed by atoms with Crippen molar-refractivity contribution in [3.05, 3.63) is 53.1 Å². The minimum Gasteiger partial charge on any atom is -0.497 e. The van der Waals surface area contributed by atoms with Crippen LogP contribution in [-0.4, -0.2) is 33.8 Å². The summed E-state index contributed by atoms with van der Waals surface area (Å²) < 4.78 is 20.3. The van der Waals surface area contributed by atoms with Crippen molar-refractivity contribution in [1.82, 2.24) is 0 Å². The maximum atomic E-state index is 12.1. The third-order valence-electron chi connectivity index (χ3n) is 3.49. The van der Waals surface area contributed by atoms with Crippen molar-refractivity contribution in [2.45, 2.75) is 0 Å². The summed E-state index contributed by atoms with van der Waals surface area (Å²) >= 11 is 0. The molecule has 0 radical (unpaired) electrons. The minimum absolute atomic E-state index is 0.274. The second kappa shape index (κ2) is 8.54. The van der Waals surface area contributed by atoms with Crippen LogP contribution >= 0.6 is 0 Å². The second-order valence-electron chi connectivity index (χ2n) is 4.87. The summed E-state index contributed by atoms with van der Waals surface area (Å²) in [6, 6.07) is 10.3. The van der Waals surface area contributed by atoms with E-state index < -0.39 is 5.97 Å². The normalized spacial score (nSPS) is 10.4. The molecule has 0 aliphatic rings. The molecule has 0 aliphatic carbocycles. The molecule has 6 nitrogen and oxygen atoms in total. The zero-order valence-corrected chi connectivity index (χ0v) is 14.1. The average Bonchev–Trinajstić information content (AvgIpc) is 2.66. The molecule has 0 saturated heterocycles. The van der Waals surface area contributed by atoms with Crippen molar-refractivity contribution in [1.29, 1.82) is 0 Å². The number of ether oxygens (including phenoxy) is 4. The first-order valence-electron chi connectivity index (χ1n) is 7.36. The highest BCUT2D eigenvalue weighted by Crippen LogP contribution is 2.31. The topological polar surface area (TPSA) is 71.1 Å². The van der Waals surface area contributed by atoms with Crippen molar-refractivity contribution >= 4 is 24.6 Å². The second-order valence-corrected chi connectivity index (χ2v) is 4.87. The molecule has 130 valence electrons. The van der Waals surface area contributed by atoms with E-state index in [-0.39, 0.29) is 5.56 Å². The van der Waals surface area contributed by atoms with Gasteiger partial charge in [0.2, 0.25) is 0 Å². The number of benzene rings is 2. The fraction of sp³-hybridized carbons (Fsp3) is 0.158. The maximum Gasteiger partial charge on any atom is 0.342 e. The molecule has 0 heterocycles. The number of hydrogen-bond donors (Lipinski definition) is 0. The molecular formula is C19H18O6. The molecule has 6 heteroatoms. The lowest BCUT2D eigenvalue weighted by Crippen LogP contribution is -2.07. The van der Waals surface area contributed by atoms with Gasteiger partial charge >= 0.3 is 5.97 Å². The third kappa shape index (κ3) is 4.17. The standard InChI is InChI=1S/C19H18O6/c1-22-15-10-14(18(19(21)24-3)17(11-15)23-2)9-8-13-6-4-5-7-16(13)25-12-20/h4-12H,1-3H3/b9-8+. The van der Waals surface area contributed by atoms with Crippen LogP contribution in [0.1, 0.15) is 21.5 Å². The monoisotopic (exact) mass is 342 g/mol. The first kappa shape index (κ1) is 18.1. The highest BCUT2D eigenvalue weighted by Gasteiger charge is 2.18. The average molecular weight is 342 g/mol. The Balaban J connectivity index is 2.54. The molecule has 0 amide bonds. The highest BCUT2D eigenvalue weighted by molar-refractivity contribution is 5.98. The van der Waals surface area contributed by atoms with E-state index in [2.05, 4.69) is 0 Å². The number of esters is 1. The van der Waals surface area contributed by atoms with Gasteiger partial charge in [0.25, 0.3) is 6.47 Å².